The van der Waals surface area contributed by atoms with Gasteiger partial charge in [0.2, 0.25) is 59.1 Å². The molecule has 38 nitrogen and oxygen atoms in total. The van der Waals surface area contributed by atoms with Gasteiger partial charge in [-0.25, -0.2) is 14.4 Å². The lowest BCUT2D eigenvalue weighted by Crippen LogP contribution is -2.59. The smallest absolute Gasteiger partial charge is 0.419 e. The molecular formula is C93H140N16O22. The van der Waals surface area contributed by atoms with E-state index in [0.29, 0.717) is 73.0 Å². The van der Waals surface area contributed by atoms with Crippen LogP contribution in [0.3, 0.4) is 0 Å². The van der Waals surface area contributed by atoms with Crippen LogP contribution in [0, 0.1) is 10.8 Å². The average Bonchev–Trinajstić information content (AvgIpc) is 1.64. The van der Waals surface area contributed by atoms with Gasteiger partial charge in [-0.1, -0.05) is 121 Å². The van der Waals surface area contributed by atoms with Crippen molar-refractivity contribution in [2.45, 2.75) is 234 Å². The van der Waals surface area contributed by atoms with E-state index >= 15 is 19.2 Å². The van der Waals surface area contributed by atoms with Gasteiger partial charge in [-0.15, -0.1) is 0 Å². The fraction of sp³-hybridized carbons (Fsp3) is 0.613. The third-order valence-corrected chi connectivity index (χ3v) is 20.8. The second kappa shape index (κ2) is 53.7. The van der Waals surface area contributed by atoms with Crippen LogP contribution in [0.1, 0.15) is 176 Å². The van der Waals surface area contributed by atoms with Gasteiger partial charge in [0, 0.05) is 109 Å². The predicted octanol–water partition coefficient (Wildman–Crippen LogP) is 3.87. The number of ketones is 2. The zero-order valence-corrected chi connectivity index (χ0v) is 78.8. The van der Waals surface area contributed by atoms with Crippen molar-refractivity contribution in [1.82, 2.24) is 83.1 Å². The number of Topliss-reactive ketones (excluding diaryl/α,β-unsaturated/α-hetero) is 2. The number of alkyl carbamates (subject to hydrolysis) is 1. The summed E-state index contributed by atoms with van der Waals surface area (Å²) in [4.78, 5) is 227. The Kier molecular flexibility index (Phi) is 44.4. The van der Waals surface area contributed by atoms with Gasteiger partial charge < -0.3 is 102 Å². The van der Waals surface area contributed by atoms with E-state index in [1.54, 1.807) is 102 Å². The Morgan fingerprint density at radius 1 is 0.481 bits per heavy atom. The highest BCUT2D eigenvalue weighted by atomic mass is 16.6. The number of amides is 13. The van der Waals surface area contributed by atoms with Crippen molar-refractivity contribution in [3.05, 3.63) is 107 Å². The molecule has 0 unspecified atom stereocenters. The number of hydrogen-bond donors (Lipinski definition) is 12. The van der Waals surface area contributed by atoms with E-state index in [0.717, 1.165) is 12.7 Å². The molecule has 2 aliphatic heterocycles. The van der Waals surface area contributed by atoms with Crippen LogP contribution in [0.4, 0.5) is 14.4 Å². The van der Waals surface area contributed by atoms with Gasteiger partial charge in [-0.2, -0.15) is 0 Å². The molecule has 0 aliphatic carbocycles. The lowest BCUT2D eigenvalue weighted by Gasteiger charge is -2.34. The Labute approximate surface area is 767 Å². The Balaban J connectivity index is 1.28. The van der Waals surface area contributed by atoms with Gasteiger partial charge in [-0.05, 0) is 139 Å². The summed E-state index contributed by atoms with van der Waals surface area (Å²) in [6.07, 6.45) is 0.754. The highest BCUT2D eigenvalue weighted by Crippen LogP contribution is 2.27. The molecule has 4 aromatic rings. The van der Waals surface area contributed by atoms with Crippen molar-refractivity contribution >= 4 is 106 Å². The summed E-state index contributed by atoms with van der Waals surface area (Å²) < 4.78 is 33.7. The number of nitrogens with zero attached hydrogens (tertiary/aromatic N) is 4. The number of methoxy groups -OCH3 is 1. The van der Waals surface area contributed by atoms with Crippen molar-refractivity contribution in [3.8, 4) is 0 Å². The van der Waals surface area contributed by atoms with Crippen LogP contribution in [-0.4, -0.2) is 293 Å². The SMILES string of the molecule is CCCOCC[C@H](NC(=O)[C@H](Cc1ccc(CNC(=O)COCCOCCNC(=O)OC(C)(C)C)cc1)NC(=O)[C@H](Cc1ccccc1)NC)C(=O)N[C@@H](Cc1cn(C(=O)OC(C)(C)C)c2ccccc12)C(=O)NCC(=O)N[C@@H](CCCCNC(=O)N1CCN(CC(=O)CC(C)(C)C)CC1)C(=O)N[C@@H](CC(=O)CC(C)(C)C)C(=O)N1CCC[C@@H]1C(=O)NCC(=O)NCC(=O)OC. The lowest BCUT2D eigenvalue weighted by molar-refractivity contribution is -0.143. The number of likely N-dealkylation sites (N-methyl/N-ethyl adjacent to an activating group) is 1. The number of nitrogens with one attached hydrogen (secondary N) is 12. The van der Waals surface area contributed by atoms with Crippen LogP contribution in [0.2, 0.25) is 0 Å². The van der Waals surface area contributed by atoms with E-state index in [2.05, 4.69) is 68.5 Å². The van der Waals surface area contributed by atoms with E-state index in [9.17, 15) is 57.5 Å². The fourth-order valence-electron chi connectivity index (χ4n) is 14.5. The van der Waals surface area contributed by atoms with Gasteiger partial charge in [0.1, 0.15) is 72.2 Å². The summed E-state index contributed by atoms with van der Waals surface area (Å²) in [5, 5.41) is 33.2. The standard InChI is InChI=1S/C93H140N16O22/c1-16-43-127-44-35-69(102-84(120)71(103-83(119)70(94-14)48-61-25-18-17-19-26-61)49-62-31-33-63(34-32-62)54-97-78(114)60-129-47-46-128-45-37-96-88(124)130-92(8,9)10)82(118)104-72(50-64-58-109(89(125)131-93(11,12)13)74-29-21-20-27-67(64)74)80(116)99-56-77(113)101-68(28-22-23-36-95-87(123)107-41-39-106(40-42-107)59-66(111)53-91(5,6)7)81(117)105-73(51-65(110)52-90(2,3)4)86(122)108-38-24-30-75(108)85(121)100-55-76(112)98-57-79(115)126-15/h17-21,25-27,29,31-34,58,68-73,75,94H,16,22-24,28,30,35-57,59-60H2,1-15H3,(H,95,123)(H,96,124)(H,97,114)(H,98,112)(H,99,116)(H,100,121)(H,101,113)(H,102,120)(H,103,119)(H,104,118)(H,105,117)/t68-,69-,70-,71-,72-,73-,75+/m0/s1. The molecule has 1 aromatic heterocycles. The van der Waals surface area contributed by atoms with E-state index in [-0.39, 0.29) is 147 Å². The minimum atomic E-state index is -1.64. The molecule has 724 valence electrons. The minimum Gasteiger partial charge on any atom is -0.468 e. The fourth-order valence-corrected chi connectivity index (χ4v) is 14.5. The van der Waals surface area contributed by atoms with Crippen molar-refractivity contribution in [2.24, 2.45) is 10.8 Å². The van der Waals surface area contributed by atoms with Crippen LogP contribution in [0.15, 0.2) is 85.1 Å². The molecule has 0 spiro atoms. The number of carbonyl (C=O) groups excluding carboxylic acids is 16. The summed E-state index contributed by atoms with van der Waals surface area (Å²) >= 11 is 0. The van der Waals surface area contributed by atoms with Crippen molar-refractivity contribution in [3.63, 3.8) is 0 Å². The number of likely N-dealkylation sites (tertiary alicyclic amines) is 1. The summed E-state index contributed by atoms with van der Waals surface area (Å²) in [5.41, 5.74) is 0.383. The number of carbonyl (C=O) groups is 16. The predicted molar refractivity (Wildman–Crippen MR) is 487 cm³/mol. The zero-order valence-electron chi connectivity index (χ0n) is 78.8. The number of piperazine rings is 1. The van der Waals surface area contributed by atoms with E-state index < -0.39 is 168 Å². The number of unbranched alkanes of at least 4 members (excludes halogenated alkanes) is 1. The molecule has 0 bridgehead atoms. The van der Waals surface area contributed by atoms with Crippen molar-refractivity contribution in [2.75, 3.05) is 126 Å². The number of ether oxygens (including phenoxy) is 6. The third kappa shape index (κ3) is 40.8. The molecule has 7 atom stereocenters. The minimum absolute atomic E-state index is 0.00998. The van der Waals surface area contributed by atoms with Crippen LogP contribution >= 0.6 is 0 Å². The Hall–Kier alpha value is -11.5. The number of para-hydroxylation sites is 1. The first-order valence-electron chi connectivity index (χ1n) is 45.0. The molecule has 3 heterocycles. The molecule has 0 saturated carbocycles. The number of fused-ring (bicyclic) bond motifs is 1. The van der Waals surface area contributed by atoms with Crippen molar-refractivity contribution in [1.29, 1.82) is 0 Å². The molecule has 0 radical (unpaired) electrons. The number of esters is 1. The lowest BCUT2D eigenvalue weighted by atomic mass is 9.88. The first-order chi connectivity index (χ1) is 61.9. The Bertz CT molecular complexity index is 4470. The topological polar surface area (TPSA) is 488 Å². The zero-order chi connectivity index (χ0) is 96.6. The third-order valence-electron chi connectivity index (χ3n) is 20.8. The second-order valence-electron chi connectivity index (χ2n) is 37.1. The molecule has 131 heavy (non-hydrogen) atoms. The number of hydrogen-bond acceptors (Lipinski definition) is 24. The normalized spacial score (nSPS) is 15.0. The first kappa shape index (κ1) is 108. The van der Waals surface area contributed by atoms with Gasteiger partial charge in [0.05, 0.1) is 58.1 Å². The van der Waals surface area contributed by atoms with Gasteiger partial charge in [0.25, 0.3) is 0 Å². The first-order valence-corrected chi connectivity index (χ1v) is 45.0. The van der Waals surface area contributed by atoms with Gasteiger partial charge >= 0.3 is 24.2 Å². The second-order valence-corrected chi connectivity index (χ2v) is 37.1. The number of urea groups is 1. The van der Waals surface area contributed by atoms with Crippen molar-refractivity contribution < 1.29 is 105 Å². The average molecular weight is 1830 g/mol. The van der Waals surface area contributed by atoms with Crippen LogP contribution in [-0.2, 0) is 117 Å². The van der Waals surface area contributed by atoms with Gasteiger partial charge in [0.15, 0.2) is 0 Å². The summed E-state index contributed by atoms with van der Waals surface area (Å²) in [6, 6.07) is 12.8. The summed E-state index contributed by atoms with van der Waals surface area (Å²) in [5.74, 6) is -8.92. The highest BCUT2D eigenvalue weighted by molar-refractivity contribution is 6.00. The monoisotopic (exact) mass is 1830 g/mol. The van der Waals surface area contributed by atoms with E-state index in [1.807, 2.05) is 83.7 Å². The summed E-state index contributed by atoms with van der Waals surface area (Å²) in [7, 11) is 2.74. The number of rotatable bonds is 51. The van der Waals surface area contributed by atoms with Crippen LogP contribution in [0.25, 0.3) is 10.9 Å². The van der Waals surface area contributed by atoms with Gasteiger partial charge in [-0.3, -0.25) is 71.8 Å². The molecule has 6 rings (SSSR count). The molecule has 13 amide bonds. The van der Waals surface area contributed by atoms with Crippen LogP contribution in [0.5, 0.6) is 0 Å². The molecule has 38 heteroatoms. The Morgan fingerprint density at radius 3 is 1.70 bits per heavy atom. The maximum atomic E-state index is 15.4. The largest absolute Gasteiger partial charge is 0.468 e. The molecule has 3 aromatic carbocycles. The quantitative estimate of drug-likeness (QED) is 0.0170. The molecule has 2 saturated heterocycles. The Morgan fingerprint density at radius 2 is 1.05 bits per heavy atom. The molecule has 12 N–H and O–H groups in total. The summed E-state index contributed by atoms with van der Waals surface area (Å²) in [6.45, 7) is 24.4. The number of benzene rings is 3. The van der Waals surface area contributed by atoms with E-state index in [4.69, 9.17) is 23.7 Å². The van der Waals surface area contributed by atoms with Crippen LogP contribution < -0.4 is 63.8 Å². The molecule has 2 aliphatic rings. The molecule has 2 fully saturated rings. The highest BCUT2D eigenvalue weighted by Gasteiger charge is 2.41. The maximum Gasteiger partial charge on any atom is 0.419 e. The molecular weight excluding hydrogens is 1690 g/mol. The number of aromatic nitrogens is 1. The van der Waals surface area contributed by atoms with E-state index in [1.165, 1.54) is 15.7 Å². The maximum absolute atomic E-state index is 15.4.